The maximum absolute atomic E-state index is 9.75. The number of hydrogen-bond donors (Lipinski definition) is 0. The number of nitriles is 2. The van der Waals surface area contributed by atoms with Crippen molar-refractivity contribution in [2.24, 2.45) is 0 Å². The number of nitrogens with zero attached hydrogens (tertiary/aromatic N) is 2. The molecule has 0 atom stereocenters. The monoisotopic (exact) mass is 1110 g/mol. The van der Waals surface area contributed by atoms with Crippen LogP contribution >= 0.6 is 15.8 Å². The van der Waals surface area contributed by atoms with Crippen molar-refractivity contribution in [3.8, 4) is 23.3 Å². The second kappa shape index (κ2) is 28.1. The van der Waals surface area contributed by atoms with E-state index in [-0.39, 0.29) is 20.4 Å². The smallest absolute Gasteiger partial charge is 0.418 e. The zero-order valence-corrected chi connectivity index (χ0v) is 41.9. The molecule has 0 saturated carbocycles. The third kappa shape index (κ3) is 17.5. The fraction of sp³-hybridized carbons (Fsp3) is 0. The molecule has 10 rings (SSSR count). The van der Waals surface area contributed by atoms with Crippen LogP contribution in [0.25, 0.3) is 32.7 Å². The summed E-state index contributed by atoms with van der Waals surface area (Å²) < 4.78 is 78.0. The van der Waals surface area contributed by atoms with Crippen molar-refractivity contribution in [1.29, 1.82) is 10.5 Å². The predicted octanol–water partition coefficient (Wildman–Crippen LogP) is 14.9. The average Bonchev–Trinajstić information content (AvgIpc) is 3.40. The Labute approximate surface area is 436 Å². The van der Waals surface area contributed by atoms with Crippen LogP contribution in [0, 0.1) is 22.7 Å². The van der Waals surface area contributed by atoms with Gasteiger partial charge in [-0.1, -0.05) is 231 Å². The van der Waals surface area contributed by atoms with Crippen LogP contribution in [0.5, 0.6) is 0 Å². The van der Waals surface area contributed by atoms with Gasteiger partial charge < -0.3 is 34.5 Å². The molecule has 0 spiro atoms. The molecule has 73 heavy (non-hydrogen) atoms. The molecule has 2 nitrogen and oxygen atoms in total. The van der Waals surface area contributed by atoms with Gasteiger partial charge in [-0.3, -0.25) is 0 Å². The first-order valence-corrected chi connectivity index (χ1v) is 24.9. The van der Waals surface area contributed by atoms with Crippen molar-refractivity contribution >= 4 is 83.7 Å². The van der Waals surface area contributed by atoms with E-state index in [1.165, 1.54) is 64.5 Å². The molecule has 10 aromatic carbocycles. The summed E-state index contributed by atoms with van der Waals surface area (Å²) in [4.78, 5) is 0. The van der Waals surface area contributed by atoms with Crippen LogP contribution in [0.2, 0.25) is 0 Å². The summed E-state index contributed by atoms with van der Waals surface area (Å²) in [5, 5.41) is 29.9. The molecule has 0 radical (unpaired) electrons. The molecule has 0 aliphatic rings. The van der Waals surface area contributed by atoms with Gasteiger partial charge in [0.2, 0.25) is 0 Å². The molecule has 15 heteroatoms. The molecular weight excluding hydrogens is 1070 g/mol. The van der Waals surface area contributed by atoms with E-state index in [0.717, 1.165) is 0 Å². The van der Waals surface area contributed by atoms with E-state index in [1.54, 1.807) is 24.3 Å². The van der Waals surface area contributed by atoms with Crippen LogP contribution in [0.4, 0.5) is 34.5 Å². The van der Waals surface area contributed by atoms with Crippen LogP contribution in [0.3, 0.4) is 0 Å². The predicted molar refractivity (Wildman–Crippen MR) is 287 cm³/mol. The summed E-state index contributed by atoms with van der Waals surface area (Å²) in [6.45, 7) is 0. The van der Waals surface area contributed by atoms with Gasteiger partial charge >= 0.3 is 34.9 Å². The van der Waals surface area contributed by atoms with E-state index in [1.807, 2.05) is 48.5 Å². The minimum atomic E-state index is -6.00. The molecule has 0 bridgehead atoms. The van der Waals surface area contributed by atoms with Crippen molar-refractivity contribution in [3.05, 3.63) is 266 Å². The Morgan fingerprint density at radius 1 is 0.288 bits per heavy atom. The molecule has 366 valence electrons. The van der Waals surface area contributed by atoms with Crippen molar-refractivity contribution < 1.29 is 54.9 Å². The zero-order valence-electron chi connectivity index (χ0n) is 38.5. The van der Waals surface area contributed by atoms with Gasteiger partial charge in [0.05, 0.1) is 23.3 Å². The number of halogens is 8. The quantitative estimate of drug-likeness (QED) is 0.0907. The van der Waals surface area contributed by atoms with Gasteiger partial charge in [-0.25, -0.2) is 0 Å². The van der Waals surface area contributed by atoms with Gasteiger partial charge in [-0.2, -0.15) is 10.5 Å². The van der Waals surface area contributed by atoms with Gasteiger partial charge in [0.25, 0.3) is 0 Å². The molecule has 0 unspecified atom stereocenters. The summed E-state index contributed by atoms with van der Waals surface area (Å²) >= 11 is 0. The Hall–Kier alpha value is -7.21. The van der Waals surface area contributed by atoms with Crippen LogP contribution in [-0.2, 0) is 20.4 Å². The largest absolute Gasteiger partial charge is 2.00 e. The van der Waals surface area contributed by atoms with E-state index < -0.39 is 30.4 Å². The zero-order chi connectivity index (χ0) is 51.4. The maximum atomic E-state index is 9.75. The Kier molecular flexibility index (Phi) is 21.9. The molecule has 0 saturated heterocycles. The van der Waals surface area contributed by atoms with E-state index in [4.69, 9.17) is 10.5 Å². The molecule has 0 aromatic heterocycles. The second-order valence-corrected chi connectivity index (χ2v) is 19.7. The topological polar surface area (TPSA) is 47.6 Å². The van der Waals surface area contributed by atoms with Gasteiger partial charge in [0, 0.05) is 0 Å². The van der Waals surface area contributed by atoms with Gasteiger partial charge in [0.1, 0.15) is 0 Å². The fourth-order valence-electron chi connectivity index (χ4n) is 7.61. The van der Waals surface area contributed by atoms with E-state index in [9.17, 15) is 34.5 Å². The van der Waals surface area contributed by atoms with Crippen LogP contribution < -0.4 is 31.8 Å². The van der Waals surface area contributed by atoms with Gasteiger partial charge in [-0.05, 0) is 105 Å². The molecule has 10 aromatic rings. The Balaban J connectivity index is 0.000000299. The van der Waals surface area contributed by atoms with Crippen molar-refractivity contribution in [3.63, 3.8) is 0 Å². The first-order chi connectivity index (χ1) is 34.7. The fourth-order valence-corrected chi connectivity index (χ4v) is 12.6. The Morgan fingerprint density at radius 3 is 0.740 bits per heavy atom. The number of benzene rings is 10. The molecule has 0 aliphatic heterocycles. The van der Waals surface area contributed by atoms with Gasteiger partial charge in [-0.15, -0.1) is 0 Å². The molecule has 0 aliphatic carbocycles. The normalized spacial score (nSPS) is 10.6. The summed E-state index contributed by atoms with van der Waals surface area (Å²) in [7, 11) is -13.7. The molecule has 0 heterocycles. The molecular formula is C58H42B2F8N2P2Pd. The minimum absolute atomic E-state index is 0. The average molecular weight is 1110 g/mol. The van der Waals surface area contributed by atoms with Crippen LogP contribution in [0.15, 0.2) is 255 Å². The van der Waals surface area contributed by atoms with Crippen LogP contribution in [-0.4, -0.2) is 14.5 Å². The van der Waals surface area contributed by atoms with Crippen molar-refractivity contribution in [2.75, 3.05) is 0 Å². The van der Waals surface area contributed by atoms with E-state index in [2.05, 4.69) is 194 Å². The maximum Gasteiger partial charge on any atom is 2.00 e. The van der Waals surface area contributed by atoms with E-state index >= 15 is 0 Å². The summed E-state index contributed by atoms with van der Waals surface area (Å²) in [6.07, 6.45) is 0. The van der Waals surface area contributed by atoms with E-state index in [0.29, 0.717) is 11.1 Å². The van der Waals surface area contributed by atoms with Crippen molar-refractivity contribution in [1.82, 2.24) is 0 Å². The molecule has 0 fully saturated rings. The standard InChI is InChI=1S/C44H32P2.2C7H5N.2BF4.Pd/c1-5-19-35(20-6-1)45(36-21-7-2-8-22-36)41-31-29-33-17-13-15-27-39(33)43(41)44-40-28-16-14-18-34(40)30-32-42(44)46(37-23-9-3-10-24-37)38-25-11-4-12-26-38;2*8-6-7-4-2-1-3-5-7;2*2-1(3,4)5;/h1-32H;2*1-5H;;;/q;;;2*-1;+2. The minimum Gasteiger partial charge on any atom is -0.418 e. The molecule has 0 N–H and O–H groups in total. The Bertz CT molecular complexity index is 3020. The number of fused-ring (bicyclic) bond motifs is 2. The SMILES string of the molecule is F[B-](F)(F)F.F[B-](F)(F)F.N#Cc1ccccc1.N#Cc1ccccc1.[Pd+2].c1ccc(P(c2ccccc2)c2ccc3ccccc3c2-c2c(P(c3ccccc3)c3ccccc3)ccc3ccccc23)cc1. The van der Waals surface area contributed by atoms with Crippen molar-refractivity contribution in [2.45, 2.75) is 0 Å². The van der Waals surface area contributed by atoms with Gasteiger partial charge in [0.15, 0.2) is 0 Å². The number of rotatable bonds is 7. The summed E-state index contributed by atoms with van der Waals surface area (Å²) in [6, 6.07) is 94.1. The third-order valence-electron chi connectivity index (χ3n) is 10.4. The summed E-state index contributed by atoms with van der Waals surface area (Å²) in [5.41, 5.74) is 4.13. The first kappa shape index (κ1) is 56.7. The number of hydrogen-bond acceptors (Lipinski definition) is 2. The summed E-state index contributed by atoms with van der Waals surface area (Å²) in [5.74, 6) is 0. The second-order valence-electron chi connectivity index (χ2n) is 15.3. The molecule has 0 amide bonds. The van der Waals surface area contributed by atoms with Crippen LogP contribution in [0.1, 0.15) is 11.1 Å². The Morgan fingerprint density at radius 2 is 0.507 bits per heavy atom. The third-order valence-corrected chi connectivity index (χ3v) is 15.4. The first-order valence-electron chi connectivity index (χ1n) is 22.2.